The average Bonchev–Trinajstić information content (AvgIpc) is 3.01. The van der Waals surface area contributed by atoms with Crippen LogP contribution in [-0.2, 0) is 0 Å². The molecule has 0 radical (unpaired) electrons. The van der Waals surface area contributed by atoms with Crippen LogP contribution in [0.4, 0.5) is 0 Å². The minimum absolute atomic E-state index is 0.531. The summed E-state index contributed by atoms with van der Waals surface area (Å²) in [6, 6.07) is 11.4. The molecule has 0 bridgehead atoms. The first-order valence-electron chi connectivity index (χ1n) is 6.95. The van der Waals surface area contributed by atoms with E-state index in [-0.39, 0.29) is 0 Å². The van der Waals surface area contributed by atoms with Gasteiger partial charge in [0, 0.05) is 6.04 Å². The van der Waals surface area contributed by atoms with E-state index in [1.54, 1.807) is 0 Å². The van der Waals surface area contributed by atoms with Gasteiger partial charge in [-0.3, -0.25) is 0 Å². The quantitative estimate of drug-likeness (QED) is 0.779. The molecule has 0 saturated heterocycles. The molecule has 1 aromatic rings. The standard InChI is InChI=1S/C16H25N/c1-12(2)9-16(14-7-5-4-6-8-14)17-11-15-10-13(15)3/h4-8,12-13,15-17H,9-11H2,1-3H3. The van der Waals surface area contributed by atoms with Crippen molar-refractivity contribution in [2.24, 2.45) is 17.8 Å². The number of nitrogens with one attached hydrogen (secondary N) is 1. The lowest BCUT2D eigenvalue weighted by Crippen LogP contribution is -2.25. The Kier molecular flexibility index (Phi) is 4.22. The average molecular weight is 231 g/mol. The molecular weight excluding hydrogens is 206 g/mol. The minimum atomic E-state index is 0.531. The van der Waals surface area contributed by atoms with Crippen molar-refractivity contribution in [1.82, 2.24) is 5.32 Å². The van der Waals surface area contributed by atoms with Crippen molar-refractivity contribution in [3.63, 3.8) is 0 Å². The van der Waals surface area contributed by atoms with Crippen LogP contribution in [0.25, 0.3) is 0 Å². The number of rotatable bonds is 6. The summed E-state index contributed by atoms with van der Waals surface area (Å²) in [5.74, 6) is 2.61. The number of benzene rings is 1. The van der Waals surface area contributed by atoms with Gasteiger partial charge in [0.15, 0.2) is 0 Å². The van der Waals surface area contributed by atoms with E-state index >= 15 is 0 Å². The molecule has 0 aromatic heterocycles. The molecule has 1 aliphatic carbocycles. The van der Waals surface area contributed by atoms with Crippen LogP contribution in [0.15, 0.2) is 30.3 Å². The van der Waals surface area contributed by atoms with Crippen molar-refractivity contribution in [1.29, 1.82) is 0 Å². The van der Waals surface area contributed by atoms with Gasteiger partial charge < -0.3 is 5.32 Å². The number of hydrogen-bond donors (Lipinski definition) is 1. The van der Waals surface area contributed by atoms with E-state index < -0.39 is 0 Å². The second-order valence-electron chi connectivity index (χ2n) is 5.97. The molecule has 17 heavy (non-hydrogen) atoms. The molecule has 1 aliphatic rings. The summed E-state index contributed by atoms with van der Waals surface area (Å²) in [6.07, 6.45) is 2.64. The summed E-state index contributed by atoms with van der Waals surface area (Å²) in [4.78, 5) is 0. The first kappa shape index (κ1) is 12.6. The number of hydrogen-bond acceptors (Lipinski definition) is 1. The Morgan fingerprint density at radius 2 is 1.88 bits per heavy atom. The van der Waals surface area contributed by atoms with Crippen molar-refractivity contribution in [2.75, 3.05) is 6.54 Å². The summed E-state index contributed by atoms with van der Waals surface area (Å²) < 4.78 is 0. The molecule has 1 aromatic carbocycles. The van der Waals surface area contributed by atoms with E-state index in [9.17, 15) is 0 Å². The first-order valence-corrected chi connectivity index (χ1v) is 6.95. The normalized spacial score (nSPS) is 24.9. The molecule has 1 nitrogen and oxygen atoms in total. The van der Waals surface area contributed by atoms with E-state index in [1.165, 1.54) is 24.9 Å². The Bertz CT molecular complexity index is 331. The summed E-state index contributed by atoms with van der Waals surface area (Å²) in [7, 11) is 0. The highest BCUT2D eigenvalue weighted by molar-refractivity contribution is 5.19. The molecule has 3 atom stereocenters. The second-order valence-corrected chi connectivity index (χ2v) is 5.97. The summed E-state index contributed by atoms with van der Waals surface area (Å²) in [6.45, 7) is 8.15. The highest BCUT2D eigenvalue weighted by atomic mass is 14.9. The van der Waals surface area contributed by atoms with E-state index in [4.69, 9.17) is 0 Å². The molecule has 1 heteroatoms. The van der Waals surface area contributed by atoms with Gasteiger partial charge in [-0.15, -0.1) is 0 Å². The second kappa shape index (κ2) is 5.68. The van der Waals surface area contributed by atoms with Crippen LogP contribution in [0.1, 0.15) is 45.2 Å². The molecule has 94 valence electrons. The maximum absolute atomic E-state index is 3.76. The predicted molar refractivity (Wildman–Crippen MR) is 73.9 cm³/mol. The Balaban J connectivity index is 1.93. The molecule has 0 amide bonds. The third-order valence-corrected chi connectivity index (χ3v) is 3.81. The largest absolute Gasteiger partial charge is 0.310 e. The molecule has 2 rings (SSSR count). The lowest BCUT2D eigenvalue weighted by atomic mass is 9.97. The fraction of sp³-hybridized carbons (Fsp3) is 0.625. The Hall–Kier alpha value is -0.820. The summed E-state index contributed by atoms with van der Waals surface area (Å²) in [5, 5.41) is 3.76. The van der Waals surface area contributed by atoms with Gasteiger partial charge in [0.25, 0.3) is 0 Å². The van der Waals surface area contributed by atoms with Crippen LogP contribution in [-0.4, -0.2) is 6.54 Å². The zero-order valence-electron chi connectivity index (χ0n) is 11.3. The van der Waals surface area contributed by atoms with E-state index in [0.717, 1.165) is 17.8 Å². The summed E-state index contributed by atoms with van der Waals surface area (Å²) >= 11 is 0. The third kappa shape index (κ3) is 3.85. The van der Waals surface area contributed by atoms with Gasteiger partial charge in [0.2, 0.25) is 0 Å². The molecule has 1 saturated carbocycles. The Morgan fingerprint density at radius 1 is 1.24 bits per heavy atom. The lowest BCUT2D eigenvalue weighted by molar-refractivity contribution is 0.419. The Labute approximate surface area is 106 Å². The SMILES string of the molecule is CC(C)CC(NCC1CC1C)c1ccccc1. The van der Waals surface area contributed by atoms with Gasteiger partial charge in [-0.1, -0.05) is 51.1 Å². The van der Waals surface area contributed by atoms with Crippen molar-refractivity contribution in [3.05, 3.63) is 35.9 Å². The topological polar surface area (TPSA) is 12.0 Å². The maximum Gasteiger partial charge on any atom is 0.0322 e. The van der Waals surface area contributed by atoms with E-state index in [0.29, 0.717) is 6.04 Å². The summed E-state index contributed by atoms with van der Waals surface area (Å²) in [5.41, 5.74) is 1.44. The van der Waals surface area contributed by atoms with Crippen molar-refractivity contribution in [2.45, 2.75) is 39.7 Å². The molecule has 0 spiro atoms. The first-order chi connectivity index (χ1) is 8.16. The zero-order chi connectivity index (χ0) is 12.3. The van der Waals surface area contributed by atoms with Gasteiger partial charge in [-0.05, 0) is 42.7 Å². The molecule has 3 unspecified atom stereocenters. The van der Waals surface area contributed by atoms with Gasteiger partial charge >= 0.3 is 0 Å². The highest BCUT2D eigenvalue weighted by Gasteiger charge is 2.32. The van der Waals surface area contributed by atoms with Crippen LogP contribution in [0, 0.1) is 17.8 Å². The Morgan fingerprint density at radius 3 is 2.41 bits per heavy atom. The van der Waals surface area contributed by atoms with Crippen LogP contribution in [0.3, 0.4) is 0 Å². The highest BCUT2D eigenvalue weighted by Crippen LogP contribution is 2.37. The molecular formula is C16H25N. The van der Waals surface area contributed by atoms with Crippen molar-refractivity contribution in [3.8, 4) is 0 Å². The van der Waals surface area contributed by atoms with Crippen LogP contribution in [0.5, 0.6) is 0 Å². The van der Waals surface area contributed by atoms with Gasteiger partial charge in [-0.2, -0.15) is 0 Å². The van der Waals surface area contributed by atoms with Crippen molar-refractivity contribution >= 4 is 0 Å². The molecule has 0 aliphatic heterocycles. The van der Waals surface area contributed by atoms with E-state index in [1.807, 2.05) is 0 Å². The molecule has 0 heterocycles. The van der Waals surface area contributed by atoms with Gasteiger partial charge in [-0.25, -0.2) is 0 Å². The monoisotopic (exact) mass is 231 g/mol. The van der Waals surface area contributed by atoms with Crippen LogP contribution in [0.2, 0.25) is 0 Å². The molecule has 1 N–H and O–H groups in total. The fourth-order valence-electron chi connectivity index (χ4n) is 2.47. The lowest BCUT2D eigenvalue weighted by Gasteiger charge is -2.21. The molecule has 1 fully saturated rings. The maximum atomic E-state index is 3.76. The zero-order valence-corrected chi connectivity index (χ0v) is 11.3. The van der Waals surface area contributed by atoms with Crippen molar-refractivity contribution < 1.29 is 0 Å². The minimum Gasteiger partial charge on any atom is -0.310 e. The van der Waals surface area contributed by atoms with Gasteiger partial charge in [0.1, 0.15) is 0 Å². The van der Waals surface area contributed by atoms with Crippen LogP contribution >= 0.6 is 0 Å². The third-order valence-electron chi connectivity index (χ3n) is 3.81. The van der Waals surface area contributed by atoms with Gasteiger partial charge in [0.05, 0.1) is 0 Å². The van der Waals surface area contributed by atoms with E-state index in [2.05, 4.69) is 56.4 Å². The van der Waals surface area contributed by atoms with Crippen LogP contribution < -0.4 is 5.32 Å². The predicted octanol–water partition coefficient (Wildman–Crippen LogP) is 4.02. The fourth-order valence-corrected chi connectivity index (χ4v) is 2.47. The smallest absolute Gasteiger partial charge is 0.0322 e.